The van der Waals surface area contributed by atoms with Crippen LogP contribution >= 0.6 is 0 Å². The van der Waals surface area contributed by atoms with E-state index in [-0.39, 0.29) is 18.3 Å². The van der Waals surface area contributed by atoms with Gasteiger partial charge in [0.25, 0.3) is 0 Å². The van der Waals surface area contributed by atoms with Crippen molar-refractivity contribution in [3.05, 3.63) is 29.6 Å². The minimum Gasteiger partial charge on any atom is -0.305 e. The third-order valence-corrected chi connectivity index (χ3v) is 2.50. The molecule has 0 aliphatic carbocycles. The summed E-state index contributed by atoms with van der Waals surface area (Å²) in [6.45, 7) is 0.0392. The Kier molecular flexibility index (Phi) is 2.49. The fourth-order valence-electron chi connectivity index (χ4n) is 1.80. The number of carbonyl (C=O) groups is 2. The maximum atomic E-state index is 12.9. The van der Waals surface area contributed by atoms with Crippen molar-refractivity contribution in [2.24, 2.45) is 0 Å². The van der Waals surface area contributed by atoms with Crippen LogP contribution in [0.5, 0.6) is 0 Å². The van der Waals surface area contributed by atoms with E-state index in [1.165, 1.54) is 17.0 Å². The van der Waals surface area contributed by atoms with E-state index in [0.717, 1.165) is 5.56 Å². The molecule has 0 atom stereocenters. The number of benzene rings is 1. The van der Waals surface area contributed by atoms with Gasteiger partial charge < -0.3 is 9.69 Å². The molecule has 0 unspecified atom stereocenters. The standard InChI is InChI=1S/C11H10FNO2/c12-9-2-3-10-8(7-9)1-4-11(15)13(10)5-6-14/h2-3,6-7H,1,4-5H2. The van der Waals surface area contributed by atoms with Crippen molar-refractivity contribution < 1.29 is 14.0 Å². The van der Waals surface area contributed by atoms with Gasteiger partial charge in [-0.3, -0.25) is 4.79 Å². The van der Waals surface area contributed by atoms with E-state index < -0.39 is 0 Å². The molecule has 0 N–H and O–H groups in total. The Hall–Kier alpha value is -1.71. The molecule has 1 aliphatic heterocycles. The summed E-state index contributed by atoms with van der Waals surface area (Å²) >= 11 is 0. The van der Waals surface area contributed by atoms with Crippen LogP contribution in [0.4, 0.5) is 10.1 Å². The minimum absolute atomic E-state index is 0.0392. The number of aryl methyl sites for hydroxylation is 1. The third kappa shape index (κ3) is 1.75. The van der Waals surface area contributed by atoms with Crippen molar-refractivity contribution in [1.29, 1.82) is 0 Å². The Morgan fingerprint density at radius 3 is 2.93 bits per heavy atom. The Balaban J connectivity index is 2.43. The summed E-state index contributed by atoms with van der Waals surface area (Å²) in [5.74, 6) is -0.393. The fraction of sp³-hybridized carbons (Fsp3) is 0.273. The van der Waals surface area contributed by atoms with Gasteiger partial charge in [0.05, 0.1) is 6.54 Å². The first kappa shape index (κ1) is 9.83. The second-order valence-electron chi connectivity index (χ2n) is 3.44. The second-order valence-corrected chi connectivity index (χ2v) is 3.44. The smallest absolute Gasteiger partial charge is 0.227 e. The molecule has 1 heterocycles. The highest BCUT2D eigenvalue weighted by molar-refractivity contribution is 5.98. The molecule has 0 saturated carbocycles. The monoisotopic (exact) mass is 207 g/mol. The Labute approximate surface area is 86.5 Å². The van der Waals surface area contributed by atoms with Crippen molar-refractivity contribution in [3.8, 4) is 0 Å². The lowest BCUT2D eigenvalue weighted by Crippen LogP contribution is -2.36. The largest absolute Gasteiger partial charge is 0.305 e. The summed E-state index contributed by atoms with van der Waals surface area (Å²) in [5.41, 5.74) is 1.44. The van der Waals surface area contributed by atoms with Crippen LogP contribution in [-0.2, 0) is 16.0 Å². The number of hydrogen-bond donors (Lipinski definition) is 0. The summed E-state index contributed by atoms with van der Waals surface area (Å²) in [7, 11) is 0. The van der Waals surface area contributed by atoms with Gasteiger partial charge >= 0.3 is 0 Å². The van der Waals surface area contributed by atoms with E-state index in [4.69, 9.17) is 0 Å². The van der Waals surface area contributed by atoms with Crippen LogP contribution in [0.3, 0.4) is 0 Å². The molecule has 0 radical (unpaired) electrons. The molecule has 0 fully saturated rings. The van der Waals surface area contributed by atoms with Crippen molar-refractivity contribution >= 4 is 17.9 Å². The molecule has 1 amide bonds. The fourth-order valence-corrected chi connectivity index (χ4v) is 1.80. The lowest BCUT2D eigenvalue weighted by Gasteiger charge is -2.27. The highest BCUT2D eigenvalue weighted by atomic mass is 19.1. The Bertz CT molecular complexity index is 417. The number of amides is 1. The summed E-state index contributed by atoms with van der Waals surface area (Å²) in [6, 6.07) is 4.26. The third-order valence-electron chi connectivity index (χ3n) is 2.50. The van der Waals surface area contributed by atoms with Crippen molar-refractivity contribution in [3.63, 3.8) is 0 Å². The summed E-state index contributed by atoms with van der Waals surface area (Å²) < 4.78 is 12.9. The number of hydrogen-bond acceptors (Lipinski definition) is 2. The maximum absolute atomic E-state index is 12.9. The molecule has 3 nitrogen and oxygen atoms in total. The Morgan fingerprint density at radius 2 is 2.20 bits per heavy atom. The molecule has 1 aromatic rings. The van der Waals surface area contributed by atoms with Crippen LogP contribution in [0, 0.1) is 5.82 Å². The molecule has 4 heteroatoms. The highest BCUT2D eigenvalue weighted by Crippen LogP contribution is 2.27. The van der Waals surface area contributed by atoms with E-state index >= 15 is 0 Å². The zero-order valence-electron chi connectivity index (χ0n) is 8.07. The Morgan fingerprint density at radius 1 is 1.40 bits per heavy atom. The molecule has 1 aromatic carbocycles. The first-order valence-electron chi connectivity index (χ1n) is 4.75. The van der Waals surface area contributed by atoms with Crippen LogP contribution in [0.1, 0.15) is 12.0 Å². The van der Waals surface area contributed by atoms with E-state index in [1.54, 1.807) is 6.07 Å². The maximum Gasteiger partial charge on any atom is 0.227 e. The van der Waals surface area contributed by atoms with Crippen LogP contribution in [0.2, 0.25) is 0 Å². The van der Waals surface area contributed by atoms with Crippen molar-refractivity contribution in [2.75, 3.05) is 11.4 Å². The number of nitrogens with zero attached hydrogens (tertiary/aromatic N) is 1. The van der Waals surface area contributed by atoms with Gasteiger partial charge in [0, 0.05) is 12.1 Å². The molecule has 0 aromatic heterocycles. The zero-order chi connectivity index (χ0) is 10.8. The predicted molar refractivity (Wildman–Crippen MR) is 53.1 cm³/mol. The zero-order valence-corrected chi connectivity index (χ0v) is 8.07. The van der Waals surface area contributed by atoms with Crippen LogP contribution in [-0.4, -0.2) is 18.7 Å². The van der Waals surface area contributed by atoms with Gasteiger partial charge in [0.1, 0.15) is 12.1 Å². The van der Waals surface area contributed by atoms with E-state index in [9.17, 15) is 14.0 Å². The van der Waals surface area contributed by atoms with Gasteiger partial charge in [0.2, 0.25) is 5.91 Å². The van der Waals surface area contributed by atoms with Gasteiger partial charge in [-0.15, -0.1) is 0 Å². The number of fused-ring (bicyclic) bond motifs is 1. The molecular formula is C11H10FNO2. The van der Waals surface area contributed by atoms with Gasteiger partial charge in [-0.05, 0) is 30.2 Å². The minimum atomic E-state index is -0.311. The lowest BCUT2D eigenvalue weighted by atomic mass is 10.0. The SMILES string of the molecule is O=CCN1C(=O)CCc2cc(F)ccc21. The number of halogens is 1. The number of aldehydes is 1. The van der Waals surface area contributed by atoms with Crippen LogP contribution in [0.25, 0.3) is 0 Å². The molecule has 1 aliphatic rings. The van der Waals surface area contributed by atoms with Crippen molar-refractivity contribution in [1.82, 2.24) is 0 Å². The number of carbonyl (C=O) groups excluding carboxylic acids is 2. The summed E-state index contributed by atoms with van der Waals surface area (Å²) in [4.78, 5) is 23.3. The predicted octanol–water partition coefficient (Wildman–Crippen LogP) is 1.30. The number of rotatable bonds is 2. The van der Waals surface area contributed by atoms with Crippen LogP contribution in [0.15, 0.2) is 18.2 Å². The first-order valence-corrected chi connectivity index (χ1v) is 4.75. The molecule has 0 spiro atoms. The highest BCUT2D eigenvalue weighted by Gasteiger charge is 2.23. The molecule has 2 rings (SSSR count). The van der Waals surface area contributed by atoms with Gasteiger partial charge in [-0.1, -0.05) is 0 Å². The summed E-state index contributed by atoms with van der Waals surface area (Å²) in [6.07, 6.45) is 1.56. The number of anilines is 1. The van der Waals surface area contributed by atoms with Gasteiger partial charge in [-0.25, -0.2) is 4.39 Å². The molecule has 78 valence electrons. The lowest BCUT2D eigenvalue weighted by molar-refractivity contribution is -0.120. The topological polar surface area (TPSA) is 37.4 Å². The van der Waals surface area contributed by atoms with Crippen LogP contribution < -0.4 is 4.90 Å². The van der Waals surface area contributed by atoms with E-state index in [1.807, 2.05) is 0 Å². The van der Waals surface area contributed by atoms with E-state index in [0.29, 0.717) is 24.8 Å². The summed E-state index contributed by atoms with van der Waals surface area (Å²) in [5, 5.41) is 0. The quantitative estimate of drug-likeness (QED) is 0.685. The average molecular weight is 207 g/mol. The molecule has 15 heavy (non-hydrogen) atoms. The van der Waals surface area contributed by atoms with Gasteiger partial charge in [-0.2, -0.15) is 0 Å². The van der Waals surface area contributed by atoms with Gasteiger partial charge in [0.15, 0.2) is 0 Å². The average Bonchev–Trinajstić information content (AvgIpc) is 2.22. The normalized spacial score (nSPS) is 15.0. The molecule has 0 saturated heterocycles. The van der Waals surface area contributed by atoms with Crippen molar-refractivity contribution in [2.45, 2.75) is 12.8 Å². The second kappa shape index (κ2) is 3.81. The molecule has 0 bridgehead atoms. The van der Waals surface area contributed by atoms with E-state index in [2.05, 4.69) is 0 Å². The first-order chi connectivity index (χ1) is 7.22. The molecular weight excluding hydrogens is 197 g/mol.